The van der Waals surface area contributed by atoms with Gasteiger partial charge in [-0.25, -0.2) is 0 Å². The molecule has 2 atom stereocenters. The molecule has 0 amide bonds. The highest BCUT2D eigenvalue weighted by atomic mass is 16.5. The van der Waals surface area contributed by atoms with Crippen LogP contribution in [0.1, 0.15) is 18.4 Å². The van der Waals surface area contributed by atoms with Crippen molar-refractivity contribution in [3.8, 4) is 5.75 Å². The number of rotatable bonds is 1. The summed E-state index contributed by atoms with van der Waals surface area (Å²) >= 11 is 0. The van der Waals surface area contributed by atoms with E-state index in [0.29, 0.717) is 0 Å². The summed E-state index contributed by atoms with van der Waals surface area (Å²) in [6.45, 7) is -0.507. The Morgan fingerprint density at radius 1 is 1.00 bits per heavy atom. The molecule has 2 aromatic rings. The average Bonchev–Trinajstić information content (AvgIpc) is 2.39. The lowest BCUT2D eigenvalue weighted by Crippen LogP contribution is -2.18. The summed E-state index contributed by atoms with van der Waals surface area (Å²) in [6, 6.07) is 18.2. The fourth-order valence-corrected chi connectivity index (χ4v) is 2.12. The first-order valence-electron chi connectivity index (χ1n) is 6.14. The van der Waals surface area contributed by atoms with Crippen LogP contribution in [0.3, 0.4) is 0 Å². The SMILES string of the molecule is [2H]C1Oc2ccccc2CC1c1ccccc1. The largest absolute Gasteiger partial charge is 0.493 e. The van der Waals surface area contributed by atoms with E-state index in [0.717, 1.165) is 12.2 Å². The Kier molecular flexibility index (Phi) is 2.11. The van der Waals surface area contributed by atoms with Gasteiger partial charge in [0.15, 0.2) is 0 Å². The highest BCUT2D eigenvalue weighted by molar-refractivity contribution is 5.37. The van der Waals surface area contributed by atoms with E-state index in [1.165, 1.54) is 11.1 Å². The first kappa shape index (κ1) is 8.40. The molecule has 80 valence electrons. The summed E-state index contributed by atoms with van der Waals surface area (Å²) in [5.74, 6) is 0.991. The van der Waals surface area contributed by atoms with Crippen molar-refractivity contribution >= 4 is 0 Å². The van der Waals surface area contributed by atoms with Gasteiger partial charge in [-0.1, -0.05) is 48.5 Å². The second kappa shape index (κ2) is 4.01. The fourth-order valence-electron chi connectivity index (χ4n) is 2.12. The Morgan fingerprint density at radius 3 is 2.62 bits per heavy atom. The Bertz CT molecular complexity index is 509. The Hall–Kier alpha value is -1.76. The van der Waals surface area contributed by atoms with Gasteiger partial charge < -0.3 is 4.74 Å². The molecular formula is C15H14O. The summed E-state index contributed by atoms with van der Waals surface area (Å²) in [5, 5.41) is 0. The Balaban J connectivity index is 1.95. The van der Waals surface area contributed by atoms with Crippen LogP contribution in [0.4, 0.5) is 0 Å². The number of hydrogen-bond donors (Lipinski definition) is 0. The van der Waals surface area contributed by atoms with Gasteiger partial charge in [-0.15, -0.1) is 0 Å². The van der Waals surface area contributed by atoms with Crippen molar-refractivity contribution in [3.05, 3.63) is 65.7 Å². The molecular weight excluding hydrogens is 196 g/mol. The molecule has 1 heteroatoms. The third kappa shape index (κ3) is 1.69. The van der Waals surface area contributed by atoms with E-state index in [9.17, 15) is 0 Å². The maximum atomic E-state index is 8.08. The molecule has 0 spiro atoms. The van der Waals surface area contributed by atoms with Gasteiger partial charge in [0.05, 0.1) is 7.95 Å². The van der Waals surface area contributed by atoms with Gasteiger partial charge in [0.25, 0.3) is 0 Å². The molecule has 0 saturated carbocycles. The van der Waals surface area contributed by atoms with Crippen molar-refractivity contribution in [1.29, 1.82) is 0 Å². The molecule has 0 fully saturated rings. The third-order valence-electron chi connectivity index (χ3n) is 3.00. The minimum atomic E-state index is -0.507. The van der Waals surface area contributed by atoms with E-state index in [2.05, 4.69) is 18.2 Å². The second-order valence-corrected chi connectivity index (χ2v) is 4.08. The molecule has 1 heterocycles. The van der Waals surface area contributed by atoms with Crippen LogP contribution in [0.25, 0.3) is 0 Å². The highest BCUT2D eigenvalue weighted by Crippen LogP contribution is 2.31. The first-order valence-corrected chi connectivity index (χ1v) is 5.56. The lowest BCUT2D eigenvalue weighted by atomic mass is 9.90. The molecule has 2 aromatic carbocycles. The summed E-state index contributed by atoms with van der Waals surface area (Å²) in [4.78, 5) is 0. The van der Waals surface area contributed by atoms with Gasteiger partial charge in [0, 0.05) is 5.92 Å². The van der Waals surface area contributed by atoms with Crippen molar-refractivity contribution in [3.63, 3.8) is 0 Å². The fraction of sp³-hybridized carbons (Fsp3) is 0.200. The van der Waals surface area contributed by atoms with E-state index >= 15 is 0 Å². The van der Waals surface area contributed by atoms with Crippen LogP contribution in [-0.4, -0.2) is 6.58 Å². The molecule has 0 N–H and O–H groups in total. The van der Waals surface area contributed by atoms with Crippen LogP contribution in [0.15, 0.2) is 54.6 Å². The number of benzene rings is 2. The molecule has 1 nitrogen and oxygen atoms in total. The first-order chi connectivity index (χ1) is 8.34. The summed E-state index contributed by atoms with van der Waals surface area (Å²) in [5.41, 5.74) is 2.38. The molecule has 0 radical (unpaired) electrons. The number of ether oxygens (including phenoxy) is 1. The minimum absolute atomic E-state index is 0.131. The molecule has 2 unspecified atom stereocenters. The number of fused-ring (bicyclic) bond motifs is 1. The maximum absolute atomic E-state index is 8.08. The topological polar surface area (TPSA) is 9.23 Å². The molecule has 0 aliphatic carbocycles. The smallest absolute Gasteiger partial charge is 0.122 e. The van der Waals surface area contributed by atoms with Crippen LogP contribution in [0, 0.1) is 0 Å². The molecule has 16 heavy (non-hydrogen) atoms. The lowest BCUT2D eigenvalue weighted by molar-refractivity contribution is 0.262. The standard InChI is InChI=1S/C15H14O/c1-2-6-12(7-3-1)14-10-13-8-4-5-9-15(13)16-11-14/h1-9,14H,10-11H2/i11D. The van der Waals surface area contributed by atoms with Gasteiger partial charge in [-0.3, -0.25) is 0 Å². The number of para-hydroxylation sites is 1. The van der Waals surface area contributed by atoms with E-state index in [4.69, 9.17) is 6.11 Å². The lowest BCUT2D eigenvalue weighted by Gasteiger charge is -2.25. The minimum Gasteiger partial charge on any atom is -0.493 e. The Morgan fingerprint density at radius 2 is 1.75 bits per heavy atom. The van der Waals surface area contributed by atoms with Gasteiger partial charge in [0.1, 0.15) is 5.75 Å². The second-order valence-electron chi connectivity index (χ2n) is 4.08. The van der Waals surface area contributed by atoms with E-state index in [1.54, 1.807) is 0 Å². The normalized spacial score (nSPS) is 24.1. The van der Waals surface area contributed by atoms with Gasteiger partial charge >= 0.3 is 0 Å². The van der Waals surface area contributed by atoms with Crippen LogP contribution in [0.5, 0.6) is 5.75 Å². The summed E-state index contributed by atoms with van der Waals surface area (Å²) in [6.07, 6.45) is 0.883. The van der Waals surface area contributed by atoms with Crippen LogP contribution in [-0.2, 0) is 6.42 Å². The van der Waals surface area contributed by atoms with Crippen LogP contribution in [0.2, 0.25) is 0 Å². The van der Waals surface area contributed by atoms with Crippen molar-refractivity contribution in [2.45, 2.75) is 12.3 Å². The molecule has 3 rings (SSSR count). The third-order valence-corrected chi connectivity index (χ3v) is 3.00. The number of hydrogen-bond acceptors (Lipinski definition) is 1. The average molecular weight is 211 g/mol. The van der Waals surface area contributed by atoms with E-state index in [-0.39, 0.29) is 5.92 Å². The zero-order valence-corrected chi connectivity index (χ0v) is 8.97. The molecule has 0 saturated heterocycles. The van der Waals surface area contributed by atoms with Crippen molar-refractivity contribution in [2.75, 3.05) is 6.58 Å². The van der Waals surface area contributed by atoms with Crippen molar-refractivity contribution < 1.29 is 6.11 Å². The van der Waals surface area contributed by atoms with Crippen LogP contribution >= 0.6 is 0 Å². The molecule has 0 bridgehead atoms. The predicted molar refractivity (Wildman–Crippen MR) is 64.8 cm³/mol. The van der Waals surface area contributed by atoms with Crippen molar-refractivity contribution in [1.82, 2.24) is 0 Å². The zero-order chi connectivity index (χ0) is 11.7. The van der Waals surface area contributed by atoms with Gasteiger partial charge in [-0.2, -0.15) is 0 Å². The van der Waals surface area contributed by atoms with Gasteiger partial charge in [0.2, 0.25) is 0 Å². The Labute approximate surface area is 97.1 Å². The highest BCUT2D eigenvalue weighted by Gasteiger charge is 2.20. The summed E-state index contributed by atoms with van der Waals surface area (Å²) in [7, 11) is 0. The molecule has 1 aliphatic heterocycles. The van der Waals surface area contributed by atoms with E-state index in [1.807, 2.05) is 36.4 Å². The maximum Gasteiger partial charge on any atom is 0.122 e. The van der Waals surface area contributed by atoms with Crippen LogP contribution < -0.4 is 4.74 Å². The van der Waals surface area contributed by atoms with Crippen molar-refractivity contribution in [2.24, 2.45) is 0 Å². The zero-order valence-electron chi connectivity index (χ0n) is 9.97. The molecule has 1 aliphatic rings. The molecule has 0 aromatic heterocycles. The predicted octanol–water partition coefficient (Wildman–Crippen LogP) is 3.41. The van der Waals surface area contributed by atoms with Gasteiger partial charge in [-0.05, 0) is 23.6 Å². The van der Waals surface area contributed by atoms with E-state index < -0.39 is 6.58 Å². The summed E-state index contributed by atoms with van der Waals surface area (Å²) < 4.78 is 13.7. The quantitative estimate of drug-likeness (QED) is 0.702. The monoisotopic (exact) mass is 211 g/mol.